The maximum atomic E-state index is 10.9. The number of amides is 1. The van der Waals surface area contributed by atoms with Crippen molar-refractivity contribution in [2.75, 3.05) is 13.1 Å². The van der Waals surface area contributed by atoms with Crippen molar-refractivity contribution in [1.29, 1.82) is 0 Å². The van der Waals surface area contributed by atoms with Crippen molar-refractivity contribution in [1.82, 2.24) is 4.90 Å². The highest BCUT2D eigenvalue weighted by atomic mass is 16.2. The summed E-state index contributed by atoms with van der Waals surface area (Å²) in [6, 6.07) is 0.0810. The third-order valence-corrected chi connectivity index (χ3v) is 1.63. The molecule has 0 unspecified atom stereocenters. The first-order chi connectivity index (χ1) is 4.24. The van der Waals surface area contributed by atoms with Gasteiger partial charge in [0.2, 0.25) is 5.91 Å². The molecule has 0 aromatic rings. The monoisotopic (exact) mass is 128 g/mol. The van der Waals surface area contributed by atoms with E-state index in [-0.39, 0.29) is 11.9 Å². The number of nitrogens with zero attached hydrogens (tertiary/aromatic N) is 1. The van der Waals surface area contributed by atoms with Crippen LogP contribution in [0.3, 0.4) is 0 Å². The lowest BCUT2D eigenvalue weighted by atomic mass is 10.3. The molecule has 1 saturated heterocycles. The van der Waals surface area contributed by atoms with Crippen LogP contribution in [0.5, 0.6) is 0 Å². The fourth-order valence-electron chi connectivity index (χ4n) is 1.11. The first-order valence-electron chi connectivity index (χ1n) is 3.27. The molecule has 1 fully saturated rings. The Hall–Kier alpha value is -0.570. The molecule has 0 bridgehead atoms. The van der Waals surface area contributed by atoms with Crippen LogP contribution in [0, 0.1) is 0 Å². The van der Waals surface area contributed by atoms with Crippen LogP contribution < -0.4 is 5.73 Å². The molecule has 0 spiro atoms. The Labute approximate surface area is 54.8 Å². The van der Waals surface area contributed by atoms with Gasteiger partial charge < -0.3 is 10.6 Å². The highest BCUT2D eigenvalue weighted by molar-refractivity contribution is 5.79. The van der Waals surface area contributed by atoms with Crippen LogP contribution in [0.15, 0.2) is 0 Å². The summed E-state index contributed by atoms with van der Waals surface area (Å²) in [7, 11) is 0. The van der Waals surface area contributed by atoms with Crippen molar-refractivity contribution in [3.63, 3.8) is 0 Å². The quantitative estimate of drug-likeness (QED) is 0.520. The van der Waals surface area contributed by atoms with Crippen LogP contribution in [-0.4, -0.2) is 29.9 Å². The van der Waals surface area contributed by atoms with Crippen LogP contribution in [0.2, 0.25) is 0 Å². The number of likely N-dealkylation sites (tertiary alicyclic amines) is 1. The molecule has 0 aliphatic carbocycles. The van der Waals surface area contributed by atoms with Gasteiger partial charge in [0, 0.05) is 25.6 Å². The molecular weight excluding hydrogens is 116 g/mol. The van der Waals surface area contributed by atoms with E-state index in [0.29, 0.717) is 6.42 Å². The smallest absolute Gasteiger partial charge is 0.224 e. The van der Waals surface area contributed by atoms with Gasteiger partial charge in [0.1, 0.15) is 0 Å². The summed E-state index contributed by atoms with van der Waals surface area (Å²) in [6.07, 6.45) is 0.536. The van der Waals surface area contributed by atoms with Crippen molar-refractivity contribution in [3.8, 4) is 0 Å². The lowest BCUT2D eigenvalue weighted by Gasteiger charge is -2.11. The predicted molar refractivity (Wildman–Crippen MR) is 34.8 cm³/mol. The first-order valence-corrected chi connectivity index (χ1v) is 3.27. The largest absolute Gasteiger partial charge is 0.341 e. The van der Waals surface area contributed by atoms with E-state index in [1.165, 1.54) is 0 Å². The molecule has 1 amide bonds. The predicted octanol–water partition coefficient (Wildman–Crippen LogP) is -0.434. The van der Waals surface area contributed by atoms with Gasteiger partial charge in [0.15, 0.2) is 0 Å². The molecule has 3 nitrogen and oxygen atoms in total. The third-order valence-electron chi connectivity index (χ3n) is 1.63. The van der Waals surface area contributed by atoms with Gasteiger partial charge >= 0.3 is 0 Å². The van der Waals surface area contributed by atoms with Gasteiger partial charge in [-0.3, -0.25) is 4.79 Å². The zero-order valence-corrected chi connectivity index (χ0v) is 5.63. The number of carbonyl (C=O) groups excluding carboxylic acids is 1. The Morgan fingerprint density at radius 2 is 2.56 bits per heavy atom. The Morgan fingerprint density at radius 1 is 1.89 bits per heavy atom. The molecule has 3 heteroatoms. The molecule has 2 N–H and O–H groups in total. The minimum atomic E-state index is 0.0810. The molecule has 1 aliphatic rings. The molecule has 0 aromatic carbocycles. The zero-order chi connectivity index (χ0) is 6.85. The van der Waals surface area contributed by atoms with Gasteiger partial charge in [0.25, 0.3) is 0 Å². The zero-order valence-electron chi connectivity index (χ0n) is 5.63. The van der Waals surface area contributed by atoms with Crippen molar-refractivity contribution in [3.05, 3.63) is 0 Å². The maximum Gasteiger partial charge on any atom is 0.224 e. The number of nitrogens with two attached hydrogens (primary N) is 1. The van der Waals surface area contributed by atoms with Crippen LogP contribution in [0.1, 0.15) is 13.3 Å². The van der Waals surface area contributed by atoms with E-state index in [9.17, 15) is 4.79 Å². The summed E-state index contributed by atoms with van der Waals surface area (Å²) < 4.78 is 0. The van der Waals surface area contributed by atoms with Crippen molar-refractivity contribution < 1.29 is 4.79 Å². The summed E-state index contributed by atoms with van der Waals surface area (Å²) in [5.74, 6) is 0.199. The van der Waals surface area contributed by atoms with E-state index in [0.717, 1.165) is 13.1 Å². The van der Waals surface area contributed by atoms with E-state index in [2.05, 4.69) is 0 Å². The maximum absolute atomic E-state index is 10.9. The SMILES string of the molecule is CCN1C[C@H](N)CC1=O. The molecule has 1 atom stereocenters. The molecule has 1 rings (SSSR count). The standard InChI is InChI=1S/C6H12N2O/c1-2-8-4-5(7)3-6(8)9/h5H,2-4,7H2,1H3/t5-/m1/s1. The molecule has 0 radical (unpaired) electrons. The summed E-state index contributed by atoms with van der Waals surface area (Å²) >= 11 is 0. The fraction of sp³-hybridized carbons (Fsp3) is 0.833. The van der Waals surface area contributed by atoms with E-state index in [4.69, 9.17) is 5.73 Å². The summed E-state index contributed by atoms with van der Waals surface area (Å²) in [5.41, 5.74) is 5.53. The Bertz CT molecular complexity index is 124. The topological polar surface area (TPSA) is 46.3 Å². The van der Waals surface area contributed by atoms with E-state index in [1.807, 2.05) is 6.92 Å². The van der Waals surface area contributed by atoms with E-state index in [1.54, 1.807) is 4.90 Å². The van der Waals surface area contributed by atoms with Gasteiger partial charge in [-0.15, -0.1) is 0 Å². The lowest BCUT2D eigenvalue weighted by molar-refractivity contribution is -0.127. The van der Waals surface area contributed by atoms with Crippen LogP contribution >= 0.6 is 0 Å². The number of likely N-dealkylation sites (N-methyl/N-ethyl adjacent to an activating group) is 1. The molecule has 0 aromatic heterocycles. The second-order valence-electron chi connectivity index (χ2n) is 2.40. The number of rotatable bonds is 1. The van der Waals surface area contributed by atoms with E-state index < -0.39 is 0 Å². The van der Waals surface area contributed by atoms with E-state index >= 15 is 0 Å². The lowest BCUT2D eigenvalue weighted by Crippen LogP contribution is -2.27. The molecule has 1 aliphatic heterocycles. The molecule has 1 heterocycles. The summed E-state index contributed by atoms with van der Waals surface area (Å²) in [5, 5.41) is 0. The average molecular weight is 128 g/mol. The second-order valence-corrected chi connectivity index (χ2v) is 2.40. The Balaban J connectivity index is 2.48. The first kappa shape index (κ1) is 6.55. The van der Waals surface area contributed by atoms with Crippen LogP contribution in [-0.2, 0) is 4.79 Å². The normalized spacial score (nSPS) is 27.6. The van der Waals surface area contributed by atoms with Crippen molar-refractivity contribution in [2.45, 2.75) is 19.4 Å². The number of carbonyl (C=O) groups is 1. The second kappa shape index (κ2) is 2.35. The number of hydrogen-bond acceptors (Lipinski definition) is 2. The van der Waals surface area contributed by atoms with Crippen LogP contribution in [0.4, 0.5) is 0 Å². The fourth-order valence-corrected chi connectivity index (χ4v) is 1.11. The number of hydrogen-bond donors (Lipinski definition) is 1. The third kappa shape index (κ3) is 1.21. The molecule has 0 saturated carbocycles. The van der Waals surface area contributed by atoms with Gasteiger partial charge in [-0.25, -0.2) is 0 Å². The average Bonchev–Trinajstić information content (AvgIpc) is 2.10. The minimum Gasteiger partial charge on any atom is -0.341 e. The highest BCUT2D eigenvalue weighted by Crippen LogP contribution is 2.06. The minimum absolute atomic E-state index is 0.0810. The molecule has 9 heavy (non-hydrogen) atoms. The summed E-state index contributed by atoms with van der Waals surface area (Å²) in [4.78, 5) is 12.6. The van der Waals surface area contributed by atoms with Gasteiger partial charge in [-0.05, 0) is 6.92 Å². The Kier molecular flexibility index (Phi) is 1.71. The molecule has 52 valence electrons. The summed E-state index contributed by atoms with van der Waals surface area (Å²) in [6.45, 7) is 3.51. The Morgan fingerprint density at radius 3 is 2.78 bits per heavy atom. The van der Waals surface area contributed by atoms with Gasteiger partial charge in [0.05, 0.1) is 0 Å². The van der Waals surface area contributed by atoms with Gasteiger partial charge in [-0.1, -0.05) is 0 Å². The van der Waals surface area contributed by atoms with Gasteiger partial charge in [-0.2, -0.15) is 0 Å². The molecular formula is C6H12N2O. The highest BCUT2D eigenvalue weighted by Gasteiger charge is 2.24. The van der Waals surface area contributed by atoms with Crippen molar-refractivity contribution >= 4 is 5.91 Å². The van der Waals surface area contributed by atoms with Crippen molar-refractivity contribution in [2.24, 2.45) is 5.73 Å². The van der Waals surface area contributed by atoms with Crippen LogP contribution in [0.25, 0.3) is 0 Å².